The number of rotatable bonds is 7. The molecule has 0 fully saturated rings. The van der Waals surface area contributed by atoms with Crippen LogP contribution in [0.25, 0.3) is 0 Å². The molecule has 1 rings (SSSR count). The summed E-state index contributed by atoms with van der Waals surface area (Å²) in [5.74, 6) is 0.217. The van der Waals surface area contributed by atoms with Gasteiger partial charge in [-0.15, -0.1) is 6.58 Å². The van der Waals surface area contributed by atoms with E-state index in [1.54, 1.807) is 11.0 Å². The molecule has 0 saturated heterocycles. The van der Waals surface area contributed by atoms with E-state index in [0.717, 1.165) is 5.56 Å². The van der Waals surface area contributed by atoms with Crippen molar-refractivity contribution in [3.63, 3.8) is 0 Å². The zero-order chi connectivity index (χ0) is 14.3. The van der Waals surface area contributed by atoms with Crippen LogP contribution in [-0.2, 0) is 11.3 Å². The molecule has 3 heteroatoms. The van der Waals surface area contributed by atoms with E-state index in [9.17, 15) is 9.90 Å². The van der Waals surface area contributed by atoms with Gasteiger partial charge < -0.3 is 10.0 Å². The predicted octanol–water partition coefficient (Wildman–Crippen LogP) is 2.61. The maximum Gasteiger partial charge on any atom is 0.226 e. The number of carbonyl (C=O) groups excluding carboxylic acids is 1. The lowest BCUT2D eigenvalue weighted by Crippen LogP contribution is -2.44. The van der Waals surface area contributed by atoms with Crippen LogP contribution < -0.4 is 0 Å². The Morgan fingerprint density at radius 3 is 2.47 bits per heavy atom. The summed E-state index contributed by atoms with van der Waals surface area (Å²) in [5, 5.41) is 9.54. The third-order valence-corrected chi connectivity index (χ3v) is 3.19. The molecule has 1 amide bonds. The molecule has 0 aliphatic rings. The summed E-state index contributed by atoms with van der Waals surface area (Å²) in [7, 11) is 0. The third kappa shape index (κ3) is 4.52. The highest BCUT2D eigenvalue weighted by molar-refractivity contribution is 5.78. The molecular weight excluding hydrogens is 238 g/mol. The number of benzene rings is 1. The normalized spacial score (nSPS) is 12.2. The molecule has 19 heavy (non-hydrogen) atoms. The summed E-state index contributed by atoms with van der Waals surface area (Å²) >= 11 is 0. The van der Waals surface area contributed by atoms with Crippen molar-refractivity contribution in [3.8, 4) is 0 Å². The van der Waals surface area contributed by atoms with E-state index in [4.69, 9.17) is 0 Å². The molecule has 0 aliphatic heterocycles. The first kappa shape index (κ1) is 15.4. The molecule has 3 nitrogen and oxygen atoms in total. The highest BCUT2D eigenvalue weighted by Crippen LogP contribution is 2.16. The number of aliphatic hydroxyl groups is 1. The Morgan fingerprint density at radius 2 is 2.00 bits per heavy atom. The van der Waals surface area contributed by atoms with E-state index in [0.29, 0.717) is 13.0 Å². The topological polar surface area (TPSA) is 40.5 Å². The summed E-state index contributed by atoms with van der Waals surface area (Å²) in [6.07, 6.45) is 1.91. The highest BCUT2D eigenvalue weighted by atomic mass is 16.3. The first-order valence-electron chi connectivity index (χ1n) is 6.65. The molecule has 1 aromatic rings. The predicted molar refractivity (Wildman–Crippen MR) is 77.5 cm³/mol. The fourth-order valence-corrected chi connectivity index (χ4v) is 2.08. The number of aliphatic hydroxyl groups excluding tert-OH is 1. The number of carbonyl (C=O) groups is 1. The molecule has 0 bridgehead atoms. The summed E-state index contributed by atoms with van der Waals surface area (Å²) in [6.45, 7) is 8.14. The van der Waals surface area contributed by atoms with Crippen molar-refractivity contribution in [1.82, 2.24) is 4.90 Å². The van der Waals surface area contributed by atoms with Crippen molar-refractivity contribution in [3.05, 3.63) is 48.6 Å². The summed E-state index contributed by atoms with van der Waals surface area (Å²) in [4.78, 5) is 13.9. The SMILES string of the molecule is C=CCC(=O)N(Cc1ccccc1)[C@H](CO)C(C)C. The van der Waals surface area contributed by atoms with Crippen molar-refractivity contribution >= 4 is 5.91 Å². The molecule has 0 saturated carbocycles. The van der Waals surface area contributed by atoms with Crippen molar-refractivity contribution in [1.29, 1.82) is 0 Å². The fraction of sp³-hybridized carbons (Fsp3) is 0.438. The maximum absolute atomic E-state index is 12.2. The van der Waals surface area contributed by atoms with Gasteiger partial charge in [-0.1, -0.05) is 50.3 Å². The van der Waals surface area contributed by atoms with Gasteiger partial charge in [0.25, 0.3) is 0 Å². The van der Waals surface area contributed by atoms with E-state index < -0.39 is 0 Å². The third-order valence-electron chi connectivity index (χ3n) is 3.19. The van der Waals surface area contributed by atoms with Gasteiger partial charge in [-0.3, -0.25) is 4.79 Å². The molecule has 0 aliphatic carbocycles. The second-order valence-electron chi connectivity index (χ2n) is 4.99. The van der Waals surface area contributed by atoms with Crippen LogP contribution in [0.3, 0.4) is 0 Å². The van der Waals surface area contributed by atoms with Gasteiger partial charge in [-0.25, -0.2) is 0 Å². The summed E-state index contributed by atoms with van der Waals surface area (Å²) in [5.41, 5.74) is 1.07. The number of hydrogen-bond acceptors (Lipinski definition) is 2. The van der Waals surface area contributed by atoms with Crippen molar-refractivity contribution in [2.75, 3.05) is 6.61 Å². The summed E-state index contributed by atoms with van der Waals surface area (Å²) in [6, 6.07) is 9.67. The molecular formula is C16H23NO2. The van der Waals surface area contributed by atoms with Gasteiger partial charge in [0.2, 0.25) is 5.91 Å². The minimum Gasteiger partial charge on any atom is -0.394 e. The number of nitrogens with zero attached hydrogens (tertiary/aromatic N) is 1. The Bertz CT molecular complexity index is 400. The van der Waals surface area contributed by atoms with Crippen molar-refractivity contribution < 1.29 is 9.90 Å². The smallest absolute Gasteiger partial charge is 0.226 e. The van der Waals surface area contributed by atoms with E-state index in [1.165, 1.54) is 0 Å². The van der Waals surface area contributed by atoms with E-state index in [2.05, 4.69) is 6.58 Å². The Morgan fingerprint density at radius 1 is 1.37 bits per heavy atom. The quantitative estimate of drug-likeness (QED) is 0.766. The molecule has 0 heterocycles. The van der Waals surface area contributed by atoms with Crippen LogP contribution in [-0.4, -0.2) is 28.6 Å². The van der Waals surface area contributed by atoms with Gasteiger partial charge in [0.05, 0.1) is 12.6 Å². The monoisotopic (exact) mass is 261 g/mol. The molecule has 1 aromatic carbocycles. The maximum atomic E-state index is 12.2. The van der Waals surface area contributed by atoms with Gasteiger partial charge in [0, 0.05) is 13.0 Å². The molecule has 0 radical (unpaired) electrons. The Hall–Kier alpha value is -1.61. The zero-order valence-electron chi connectivity index (χ0n) is 11.7. The van der Waals surface area contributed by atoms with E-state index >= 15 is 0 Å². The van der Waals surface area contributed by atoms with Crippen molar-refractivity contribution in [2.45, 2.75) is 32.9 Å². The summed E-state index contributed by atoms with van der Waals surface area (Å²) < 4.78 is 0. The largest absolute Gasteiger partial charge is 0.394 e. The van der Waals surface area contributed by atoms with Crippen LogP contribution in [0.4, 0.5) is 0 Å². The Kier molecular flexibility index (Phi) is 6.30. The van der Waals surface area contributed by atoms with Crippen LogP contribution in [0.2, 0.25) is 0 Å². The lowest BCUT2D eigenvalue weighted by molar-refractivity contribution is -0.135. The van der Waals surface area contributed by atoms with Crippen LogP contribution in [0.5, 0.6) is 0 Å². The zero-order valence-corrected chi connectivity index (χ0v) is 11.7. The molecule has 1 N–H and O–H groups in total. The molecule has 104 valence electrons. The lowest BCUT2D eigenvalue weighted by Gasteiger charge is -2.33. The second kappa shape index (κ2) is 7.74. The highest BCUT2D eigenvalue weighted by Gasteiger charge is 2.24. The fourth-order valence-electron chi connectivity index (χ4n) is 2.08. The van der Waals surface area contributed by atoms with Gasteiger partial charge in [0.15, 0.2) is 0 Å². The van der Waals surface area contributed by atoms with Crippen molar-refractivity contribution in [2.24, 2.45) is 5.92 Å². The minimum absolute atomic E-state index is 0.00611. The average molecular weight is 261 g/mol. The van der Waals surface area contributed by atoms with E-state index in [1.807, 2.05) is 44.2 Å². The molecule has 1 atom stereocenters. The lowest BCUT2D eigenvalue weighted by atomic mass is 10.0. The van der Waals surface area contributed by atoms with Gasteiger partial charge in [-0.2, -0.15) is 0 Å². The molecule has 0 unspecified atom stereocenters. The van der Waals surface area contributed by atoms with Gasteiger partial charge in [0.1, 0.15) is 0 Å². The van der Waals surface area contributed by atoms with Crippen LogP contribution in [0, 0.1) is 5.92 Å². The van der Waals surface area contributed by atoms with E-state index in [-0.39, 0.29) is 24.5 Å². The minimum atomic E-state index is -0.160. The average Bonchev–Trinajstić information content (AvgIpc) is 2.39. The standard InChI is InChI=1S/C16H23NO2/c1-4-8-16(19)17(15(12-18)13(2)3)11-14-9-6-5-7-10-14/h4-7,9-10,13,15,18H,1,8,11-12H2,2-3H3/t15-/m1/s1. The number of hydrogen-bond donors (Lipinski definition) is 1. The van der Waals surface area contributed by atoms with Crippen LogP contribution >= 0.6 is 0 Å². The van der Waals surface area contributed by atoms with Gasteiger partial charge in [-0.05, 0) is 11.5 Å². The molecule has 0 spiro atoms. The first-order chi connectivity index (χ1) is 9.10. The Balaban J connectivity index is 2.91. The molecule has 0 aromatic heterocycles. The van der Waals surface area contributed by atoms with Crippen LogP contribution in [0.15, 0.2) is 43.0 Å². The van der Waals surface area contributed by atoms with Crippen LogP contribution in [0.1, 0.15) is 25.8 Å². The number of amides is 1. The Labute approximate surface area is 115 Å². The first-order valence-corrected chi connectivity index (χ1v) is 6.65. The van der Waals surface area contributed by atoms with Gasteiger partial charge >= 0.3 is 0 Å². The second-order valence-corrected chi connectivity index (χ2v) is 4.99.